The van der Waals surface area contributed by atoms with Crippen LogP contribution in [0.2, 0.25) is 0 Å². The van der Waals surface area contributed by atoms with Crippen LogP contribution in [0.25, 0.3) is 0 Å². The minimum Gasteiger partial charge on any atom is -0.388 e. The summed E-state index contributed by atoms with van der Waals surface area (Å²) in [5.41, 5.74) is 0.880. The van der Waals surface area contributed by atoms with Crippen molar-refractivity contribution in [2.45, 2.75) is 10.3 Å². The largest absolute Gasteiger partial charge is 0.388 e. The van der Waals surface area contributed by atoms with Gasteiger partial charge in [-0.25, -0.2) is 8.42 Å². The molecule has 0 amide bonds. The third-order valence-electron chi connectivity index (χ3n) is 3.40. The number of ether oxygens (including phenoxy) is 1. The lowest BCUT2D eigenvalue weighted by atomic mass is 10.3. The molecule has 0 aromatic heterocycles. The first-order chi connectivity index (χ1) is 9.59. The molecule has 5 nitrogen and oxygen atoms in total. The topological polar surface area (TPSA) is 58.6 Å². The van der Waals surface area contributed by atoms with Gasteiger partial charge in [-0.05, 0) is 24.3 Å². The average Bonchev–Trinajstić information content (AvgIpc) is 2.49. The van der Waals surface area contributed by atoms with Gasteiger partial charge in [0.2, 0.25) is 0 Å². The molecule has 0 bridgehead atoms. The molecule has 0 aliphatic carbocycles. The van der Waals surface area contributed by atoms with E-state index in [4.69, 9.17) is 4.74 Å². The number of hydrogen-bond donors (Lipinski definition) is 1. The Morgan fingerprint density at radius 2 is 1.90 bits per heavy atom. The van der Waals surface area contributed by atoms with E-state index in [2.05, 4.69) is 11.9 Å². The molecular formula is C14H20N2O3S. The van der Waals surface area contributed by atoms with Gasteiger partial charge < -0.3 is 10.1 Å². The average molecular weight is 296 g/mol. The lowest BCUT2D eigenvalue weighted by Crippen LogP contribution is -2.46. The minimum atomic E-state index is -3.45. The Hall–Kier alpha value is -1.37. The van der Waals surface area contributed by atoms with Gasteiger partial charge in [-0.2, -0.15) is 0 Å². The predicted molar refractivity (Wildman–Crippen MR) is 79.6 cm³/mol. The number of nitrogens with one attached hydrogen (secondary N) is 1. The highest BCUT2D eigenvalue weighted by molar-refractivity contribution is 7.92. The van der Waals surface area contributed by atoms with Crippen molar-refractivity contribution >= 4 is 15.5 Å². The minimum absolute atomic E-state index is 0.313. The fourth-order valence-corrected chi connectivity index (χ4v) is 3.91. The Morgan fingerprint density at radius 1 is 1.30 bits per heavy atom. The first-order valence-corrected chi connectivity index (χ1v) is 8.10. The maximum Gasteiger partial charge on any atom is 0.198 e. The van der Waals surface area contributed by atoms with Crippen LogP contribution in [0.3, 0.4) is 0 Å². The Kier molecular flexibility index (Phi) is 4.80. The summed E-state index contributed by atoms with van der Waals surface area (Å²) in [5, 5.41) is 2.27. The SMILES string of the molecule is C=CC(N1CCOCC1)S(=O)(=O)c1ccc(NC)cc1. The van der Waals surface area contributed by atoms with Gasteiger partial charge in [-0.1, -0.05) is 6.08 Å². The number of benzene rings is 1. The quantitative estimate of drug-likeness (QED) is 0.831. The van der Waals surface area contributed by atoms with Crippen LogP contribution >= 0.6 is 0 Å². The monoisotopic (exact) mass is 296 g/mol. The van der Waals surface area contributed by atoms with Crippen molar-refractivity contribution in [3.05, 3.63) is 36.9 Å². The van der Waals surface area contributed by atoms with E-state index < -0.39 is 15.2 Å². The number of morpholine rings is 1. The van der Waals surface area contributed by atoms with Crippen molar-refractivity contribution in [1.29, 1.82) is 0 Å². The first-order valence-electron chi connectivity index (χ1n) is 6.55. The maximum absolute atomic E-state index is 12.7. The van der Waals surface area contributed by atoms with Crippen LogP contribution in [-0.4, -0.2) is 52.0 Å². The van der Waals surface area contributed by atoms with E-state index in [1.165, 1.54) is 6.08 Å². The molecule has 1 aromatic carbocycles. The molecule has 0 spiro atoms. The lowest BCUT2D eigenvalue weighted by molar-refractivity contribution is 0.0374. The Bertz CT molecular complexity index is 548. The van der Waals surface area contributed by atoms with Crippen molar-refractivity contribution in [2.24, 2.45) is 0 Å². The summed E-state index contributed by atoms with van der Waals surface area (Å²) in [7, 11) is -1.66. The fourth-order valence-electron chi connectivity index (χ4n) is 2.25. The summed E-state index contributed by atoms with van der Waals surface area (Å²) >= 11 is 0. The molecule has 1 unspecified atom stereocenters. The van der Waals surface area contributed by atoms with Crippen molar-refractivity contribution < 1.29 is 13.2 Å². The van der Waals surface area contributed by atoms with E-state index in [9.17, 15) is 8.42 Å². The molecule has 20 heavy (non-hydrogen) atoms. The predicted octanol–water partition coefficient (Wildman–Crippen LogP) is 1.35. The highest BCUT2D eigenvalue weighted by Gasteiger charge is 2.31. The van der Waals surface area contributed by atoms with Crippen molar-refractivity contribution in [3.8, 4) is 0 Å². The van der Waals surface area contributed by atoms with Gasteiger partial charge >= 0.3 is 0 Å². The van der Waals surface area contributed by atoms with Crippen LogP contribution in [0.15, 0.2) is 41.8 Å². The molecule has 2 rings (SSSR count). The summed E-state index contributed by atoms with van der Waals surface area (Å²) in [6.07, 6.45) is 1.49. The van der Waals surface area contributed by atoms with Crippen LogP contribution in [-0.2, 0) is 14.6 Å². The summed E-state index contributed by atoms with van der Waals surface area (Å²) in [6, 6.07) is 6.76. The molecule has 1 heterocycles. The van der Waals surface area contributed by atoms with E-state index in [1.807, 2.05) is 4.90 Å². The molecule has 110 valence electrons. The number of anilines is 1. The molecule has 1 aliphatic heterocycles. The van der Waals surface area contributed by atoms with Crippen LogP contribution in [0.1, 0.15) is 0 Å². The molecule has 0 saturated carbocycles. The number of sulfone groups is 1. The van der Waals surface area contributed by atoms with Gasteiger partial charge in [0.05, 0.1) is 18.1 Å². The Morgan fingerprint density at radius 3 is 2.40 bits per heavy atom. The van der Waals surface area contributed by atoms with Crippen LogP contribution in [0.5, 0.6) is 0 Å². The molecule has 1 N–H and O–H groups in total. The molecule has 1 aromatic rings. The zero-order chi connectivity index (χ0) is 14.6. The first kappa shape index (κ1) is 15.0. The van der Waals surface area contributed by atoms with Gasteiger partial charge in [-0.15, -0.1) is 6.58 Å². The Labute approximate surface area is 120 Å². The summed E-state index contributed by atoms with van der Waals surface area (Å²) < 4.78 is 30.6. The standard InChI is InChI=1S/C14H20N2O3S/c1-3-14(16-8-10-19-11-9-16)20(17,18)13-6-4-12(15-2)5-7-13/h3-7,14-15H,1,8-11H2,2H3. The number of hydrogen-bond acceptors (Lipinski definition) is 5. The molecule has 1 saturated heterocycles. The van der Waals surface area contributed by atoms with Gasteiger partial charge in [0.25, 0.3) is 0 Å². The molecular weight excluding hydrogens is 276 g/mol. The van der Waals surface area contributed by atoms with Crippen molar-refractivity contribution in [2.75, 3.05) is 38.7 Å². The zero-order valence-electron chi connectivity index (χ0n) is 11.6. The molecule has 1 fully saturated rings. The third-order valence-corrected chi connectivity index (χ3v) is 5.45. The maximum atomic E-state index is 12.7. The van der Waals surface area contributed by atoms with E-state index >= 15 is 0 Å². The van der Waals surface area contributed by atoms with E-state index in [-0.39, 0.29) is 0 Å². The highest BCUT2D eigenvalue weighted by Crippen LogP contribution is 2.22. The van der Waals surface area contributed by atoms with Crippen LogP contribution < -0.4 is 5.32 Å². The lowest BCUT2D eigenvalue weighted by Gasteiger charge is -2.32. The van der Waals surface area contributed by atoms with Crippen molar-refractivity contribution in [1.82, 2.24) is 4.90 Å². The highest BCUT2D eigenvalue weighted by atomic mass is 32.2. The molecule has 0 radical (unpaired) electrons. The summed E-state index contributed by atoms with van der Waals surface area (Å²) in [5.74, 6) is 0. The van der Waals surface area contributed by atoms with E-state index in [1.54, 1.807) is 31.3 Å². The molecule has 6 heteroatoms. The van der Waals surface area contributed by atoms with Gasteiger partial charge in [0.15, 0.2) is 9.84 Å². The van der Waals surface area contributed by atoms with Crippen LogP contribution in [0.4, 0.5) is 5.69 Å². The van der Waals surface area contributed by atoms with Crippen molar-refractivity contribution in [3.63, 3.8) is 0 Å². The second kappa shape index (κ2) is 6.39. The number of nitrogens with zero attached hydrogens (tertiary/aromatic N) is 1. The normalized spacial score (nSPS) is 18.4. The zero-order valence-corrected chi connectivity index (χ0v) is 12.4. The smallest absolute Gasteiger partial charge is 0.198 e. The van der Waals surface area contributed by atoms with E-state index in [0.717, 1.165) is 5.69 Å². The van der Waals surface area contributed by atoms with Gasteiger partial charge in [-0.3, -0.25) is 4.90 Å². The van der Waals surface area contributed by atoms with Gasteiger partial charge in [0, 0.05) is 25.8 Å². The third kappa shape index (κ3) is 3.03. The van der Waals surface area contributed by atoms with Crippen LogP contribution in [0, 0.1) is 0 Å². The second-order valence-electron chi connectivity index (χ2n) is 4.59. The Balaban J connectivity index is 2.27. The van der Waals surface area contributed by atoms with E-state index in [0.29, 0.717) is 31.2 Å². The second-order valence-corrected chi connectivity index (χ2v) is 6.64. The summed E-state index contributed by atoms with van der Waals surface area (Å²) in [6.45, 7) is 6.00. The molecule has 1 atom stereocenters. The molecule has 1 aliphatic rings. The summed E-state index contributed by atoms with van der Waals surface area (Å²) in [4.78, 5) is 2.20. The fraction of sp³-hybridized carbons (Fsp3) is 0.429. The van der Waals surface area contributed by atoms with Gasteiger partial charge in [0.1, 0.15) is 5.37 Å². The number of rotatable bonds is 5.